The molecule has 0 aliphatic heterocycles. The molecule has 0 N–H and O–H groups in total. The normalized spacial score (nSPS) is 12.2. The van der Waals surface area contributed by atoms with Crippen molar-refractivity contribution in [1.29, 1.82) is 0 Å². The SMILES string of the molecule is CC(C)(C)c1cc(P)cc(C(C)(C)C)c1.[B]. The summed E-state index contributed by atoms with van der Waals surface area (Å²) in [7, 11) is 2.81. The van der Waals surface area contributed by atoms with E-state index in [2.05, 4.69) is 69.0 Å². The molecular formula is C14H23BP. The molecule has 3 radical (unpaired) electrons. The molecule has 1 rings (SSSR count). The lowest BCUT2D eigenvalue weighted by Gasteiger charge is -2.25. The van der Waals surface area contributed by atoms with Gasteiger partial charge in [0, 0.05) is 8.41 Å². The van der Waals surface area contributed by atoms with Crippen LogP contribution in [0.25, 0.3) is 0 Å². The molecule has 0 aliphatic carbocycles. The van der Waals surface area contributed by atoms with Crippen LogP contribution in [0.3, 0.4) is 0 Å². The maximum absolute atomic E-state index is 2.81. The van der Waals surface area contributed by atoms with Crippen LogP contribution in [0, 0.1) is 0 Å². The summed E-state index contributed by atoms with van der Waals surface area (Å²) >= 11 is 0. The van der Waals surface area contributed by atoms with Crippen LogP contribution in [-0.2, 0) is 10.8 Å². The van der Waals surface area contributed by atoms with E-state index in [-0.39, 0.29) is 19.2 Å². The fourth-order valence-electron chi connectivity index (χ4n) is 1.52. The fourth-order valence-corrected chi connectivity index (χ4v) is 1.88. The molecule has 0 spiro atoms. The van der Waals surface area contributed by atoms with E-state index in [0.717, 1.165) is 0 Å². The summed E-state index contributed by atoms with van der Waals surface area (Å²) in [5.41, 5.74) is 3.29. The number of hydrogen-bond acceptors (Lipinski definition) is 0. The van der Waals surface area contributed by atoms with E-state index in [4.69, 9.17) is 0 Å². The van der Waals surface area contributed by atoms with Crippen molar-refractivity contribution in [3.05, 3.63) is 29.3 Å². The molecule has 1 aromatic rings. The van der Waals surface area contributed by atoms with Crippen LogP contribution in [0.4, 0.5) is 0 Å². The predicted octanol–water partition coefficient (Wildman–Crippen LogP) is 3.40. The van der Waals surface area contributed by atoms with Gasteiger partial charge < -0.3 is 0 Å². The van der Waals surface area contributed by atoms with Gasteiger partial charge in [-0.3, -0.25) is 0 Å². The molecule has 1 unspecified atom stereocenters. The monoisotopic (exact) mass is 233 g/mol. The molecule has 0 saturated carbocycles. The summed E-state index contributed by atoms with van der Waals surface area (Å²) in [6.45, 7) is 13.6. The van der Waals surface area contributed by atoms with Crippen molar-refractivity contribution in [3.8, 4) is 0 Å². The molecule has 0 bridgehead atoms. The van der Waals surface area contributed by atoms with E-state index in [0.29, 0.717) is 0 Å². The summed E-state index contributed by atoms with van der Waals surface area (Å²) in [5.74, 6) is 0. The third-order valence-electron chi connectivity index (χ3n) is 2.69. The molecule has 2 heteroatoms. The Bertz CT molecular complexity index is 324. The van der Waals surface area contributed by atoms with Crippen molar-refractivity contribution in [2.45, 2.75) is 52.4 Å². The van der Waals surface area contributed by atoms with E-state index in [9.17, 15) is 0 Å². The summed E-state index contributed by atoms with van der Waals surface area (Å²) in [4.78, 5) is 0. The second-order valence-electron chi connectivity index (χ2n) is 6.34. The Balaban J connectivity index is 0.00000225. The van der Waals surface area contributed by atoms with Crippen molar-refractivity contribution >= 4 is 23.0 Å². The highest BCUT2D eigenvalue weighted by atomic mass is 31.0. The Labute approximate surface area is 105 Å². The van der Waals surface area contributed by atoms with Gasteiger partial charge in [0.25, 0.3) is 0 Å². The first-order chi connectivity index (χ1) is 6.60. The van der Waals surface area contributed by atoms with Crippen LogP contribution < -0.4 is 5.30 Å². The van der Waals surface area contributed by atoms with Gasteiger partial charge in [0.1, 0.15) is 0 Å². The van der Waals surface area contributed by atoms with E-state index >= 15 is 0 Å². The minimum atomic E-state index is 0. The lowest BCUT2D eigenvalue weighted by atomic mass is 9.81. The molecule has 87 valence electrons. The van der Waals surface area contributed by atoms with E-state index in [1.54, 1.807) is 0 Å². The van der Waals surface area contributed by atoms with Crippen molar-refractivity contribution < 1.29 is 0 Å². The van der Waals surface area contributed by atoms with E-state index in [1.807, 2.05) is 0 Å². The van der Waals surface area contributed by atoms with Crippen molar-refractivity contribution in [2.24, 2.45) is 0 Å². The first-order valence-electron chi connectivity index (χ1n) is 5.52. The largest absolute Gasteiger partial charge is 0.106 e. The van der Waals surface area contributed by atoms with Crippen LogP contribution in [-0.4, -0.2) is 8.41 Å². The van der Waals surface area contributed by atoms with Crippen molar-refractivity contribution in [1.82, 2.24) is 0 Å². The summed E-state index contributed by atoms with van der Waals surface area (Å²) in [5, 5.41) is 1.28. The highest BCUT2D eigenvalue weighted by Gasteiger charge is 2.19. The number of rotatable bonds is 0. The topological polar surface area (TPSA) is 0 Å². The molecule has 0 saturated heterocycles. The van der Waals surface area contributed by atoms with Gasteiger partial charge in [0.05, 0.1) is 0 Å². The van der Waals surface area contributed by atoms with E-state index < -0.39 is 0 Å². The van der Waals surface area contributed by atoms with E-state index in [1.165, 1.54) is 16.4 Å². The Hall–Kier alpha value is -0.285. The van der Waals surface area contributed by atoms with Crippen molar-refractivity contribution in [3.63, 3.8) is 0 Å². The van der Waals surface area contributed by atoms with Crippen LogP contribution >= 0.6 is 9.24 Å². The molecule has 0 heterocycles. The minimum Gasteiger partial charge on any atom is -0.106 e. The molecule has 0 aliphatic rings. The van der Waals surface area contributed by atoms with Crippen LogP contribution in [0.1, 0.15) is 52.7 Å². The van der Waals surface area contributed by atoms with Gasteiger partial charge in [-0.25, -0.2) is 0 Å². The Morgan fingerprint density at radius 1 is 0.750 bits per heavy atom. The van der Waals surface area contributed by atoms with Gasteiger partial charge in [-0.05, 0) is 27.3 Å². The van der Waals surface area contributed by atoms with Crippen molar-refractivity contribution in [2.75, 3.05) is 0 Å². The molecule has 1 aromatic carbocycles. The summed E-state index contributed by atoms with van der Waals surface area (Å²) in [6, 6.07) is 6.87. The summed E-state index contributed by atoms with van der Waals surface area (Å²) < 4.78 is 0. The van der Waals surface area contributed by atoms with Crippen LogP contribution in [0.5, 0.6) is 0 Å². The maximum atomic E-state index is 2.81. The highest BCUT2D eigenvalue weighted by molar-refractivity contribution is 7.27. The zero-order valence-electron chi connectivity index (χ0n) is 11.4. The van der Waals surface area contributed by atoms with Gasteiger partial charge >= 0.3 is 0 Å². The summed E-state index contributed by atoms with van der Waals surface area (Å²) in [6.07, 6.45) is 0. The fraction of sp³-hybridized carbons (Fsp3) is 0.571. The Morgan fingerprint density at radius 3 is 1.31 bits per heavy atom. The second-order valence-corrected chi connectivity index (χ2v) is 7.01. The molecule has 0 fully saturated rings. The first kappa shape index (κ1) is 15.7. The molecule has 0 amide bonds. The van der Waals surface area contributed by atoms with Gasteiger partial charge in [-0.2, -0.15) is 0 Å². The average molecular weight is 233 g/mol. The molecule has 1 atom stereocenters. The maximum Gasteiger partial charge on any atom is 0 e. The number of hydrogen-bond donors (Lipinski definition) is 0. The lowest BCUT2D eigenvalue weighted by molar-refractivity contribution is 0.569. The quantitative estimate of drug-likeness (QED) is 0.476. The molecule has 0 aromatic heterocycles. The zero-order chi connectivity index (χ0) is 11.9. The smallest absolute Gasteiger partial charge is 0 e. The second kappa shape index (κ2) is 4.92. The van der Waals surface area contributed by atoms with Gasteiger partial charge in [0.15, 0.2) is 0 Å². The average Bonchev–Trinajstić information content (AvgIpc) is 1.99. The van der Waals surface area contributed by atoms with Gasteiger partial charge in [0.2, 0.25) is 0 Å². The first-order valence-corrected chi connectivity index (χ1v) is 6.10. The third-order valence-corrected chi connectivity index (χ3v) is 3.02. The zero-order valence-corrected chi connectivity index (χ0v) is 12.5. The van der Waals surface area contributed by atoms with Gasteiger partial charge in [-0.15, -0.1) is 9.24 Å². The molecule has 0 nitrogen and oxygen atoms in total. The number of benzene rings is 1. The molecule has 16 heavy (non-hydrogen) atoms. The third kappa shape index (κ3) is 3.94. The highest BCUT2D eigenvalue weighted by Crippen LogP contribution is 2.28. The lowest BCUT2D eigenvalue weighted by Crippen LogP contribution is -2.18. The Morgan fingerprint density at radius 2 is 1.06 bits per heavy atom. The molecular weight excluding hydrogens is 210 g/mol. The van der Waals surface area contributed by atoms with Crippen LogP contribution in [0.15, 0.2) is 18.2 Å². The van der Waals surface area contributed by atoms with Crippen LogP contribution in [0.2, 0.25) is 0 Å². The van der Waals surface area contributed by atoms with Gasteiger partial charge in [-0.1, -0.05) is 59.7 Å². The predicted molar refractivity (Wildman–Crippen MR) is 78.9 cm³/mol. The minimum absolute atomic E-state index is 0. The Kier molecular flexibility index (Phi) is 4.83. The standard InChI is InChI=1S/C14H23P.B/c1-13(2,3)10-7-11(14(4,5)6)9-12(15)8-10;/h7-9H,15H2,1-6H3;.